The van der Waals surface area contributed by atoms with E-state index in [0.29, 0.717) is 17.4 Å². The van der Waals surface area contributed by atoms with Crippen LogP contribution in [0.15, 0.2) is 71.4 Å². The molecule has 0 amide bonds. The Kier molecular flexibility index (Phi) is 10.8. The van der Waals surface area contributed by atoms with E-state index in [1.54, 1.807) is 0 Å². The summed E-state index contributed by atoms with van der Waals surface area (Å²) in [7, 11) is 0. The summed E-state index contributed by atoms with van der Waals surface area (Å²) < 4.78 is 0. The number of rotatable bonds is 15. The van der Waals surface area contributed by atoms with Crippen LogP contribution in [0, 0.1) is 5.92 Å². The van der Waals surface area contributed by atoms with Crippen molar-refractivity contribution in [1.29, 1.82) is 0 Å². The van der Waals surface area contributed by atoms with E-state index < -0.39 is 5.97 Å². The Morgan fingerprint density at radius 3 is 2.59 bits per heavy atom. The minimum absolute atomic E-state index is 0.0714. The second kappa shape index (κ2) is 14.7. The number of nitrogens with zero attached hydrogens (tertiary/aromatic N) is 1. The lowest BCUT2D eigenvalue weighted by Crippen LogP contribution is -2.32. The number of aliphatic hydroxyl groups excluding tert-OH is 1. The van der Waals surface area contributed by atoms with E-state index in [9.17, 15) is 15.0 Å². The highest BCUT2D eigenvalue weighted by molar-refractivity contribution is 5.84. The van der Waals surface area contributed by atoms with Crippen molar-refractivity contribution in [1.82, 2.24) is 4.98 Å². The number of fused-ring (bicyclic) bond motifs is 2. The lowest BCUT2D eigenvalue weighted by molar-refractivity contribution is -0.131. The van der Waals surface area contributed by atoms with Gasteiger partial charge < -0.3 is 32.0 Å². The van der Waals surface area contributed by atoms with Crippen LogP contribution in [0.3, 0.4) is 0 Å². The maximum Gasteiger partial charge on any atom is 0.328 e. The highest BCUT2D eigenvalue weighted by Gasteiger charge is 2.33. The van der Waals surface area contributed by atoms with Crippen LogP contribution in [0.1, 0.15) is 75.3 Å². The van der Waals surface area contributed by atoms with E-state index in [2.05, 4.69) is 58.6 Å². The first kappa shape index (κ1) is 30.2. The molecule has 3 aromatic rings. The number of nitrogens with two attached hydrogens (primary N) is 2. The van der Waals surface area contributed by atoms with Gasteiger partial charge in [0.25, 0.3) is 0 Å². The van der Waals surface area contributed by atoms with E-state index in [1.165, 1.54) is 28.0 Å². The van der Waals surface area contributed by atoms with Crippen molar-refractivity contribution in [2.24, 2.45) is 22.4 Å². The molecule has 0 bridgehead atoms. The number of carboxylic acid groups (broad SMARTS) is 1. The molecule has 8 heteroatoms. The van der Waals surface area contributed by atoms with Gasteiger partial charge >= 0.3 is 5.97 Å². The molecule has 0 radical (unpaired) electrons. The van der Waals surface area contributed by atoms with Crippen LogP contribution in [-0.4, -0.2) is 45.8 Å². The van der Waals surface area contributed by atoms with Crippen LogP contribution in [0.25, 0.3) is 10.8 Å². The minimum atomic E-state index is -1.03. The number of guanidine groups is 1. The quantitative estimate of drug-likeness (QED) is 0.0800. The van der Waals surface area contributed by atoms with Gasteiger partial charge in [0.15, 0.2) is 5.96 Å². The van der Waals surface area contributed by atoms with Crippen LogP contribution in [-0.2, 0) is 11.2 Å². The van der Waals surface area contributed by atoms with Gasteiger partial charge in [-0.1, -0.05) is 62.6 Å². The number of aromatic nitrogens is 1. The molecule has 0 saturated carbocycles. The maximum atomic E-state index is 11.8. The van der Waals surface area contributed by atoms with E-state index in [4.69, 9.17) is 11.5 Å². The number of aliphatic carboxylic acids is 1. The van der Waals surface area contributed by atoms with Crippen molar-refractivity contribution in [3.05, 3.63) is 77.5 Å². The molecule has 0 fully saturated rings. The van der Waals surface area contributed by atoms with Gasteiger partial charge in [-0.25, -0.2) is 9.79 Å². The summed E-state index contributed by atoms with van der Waals surface area (Å²) in [6.45, 7) is 2.26. The van der Waals surface area contributed by atoms with Gasteiger partial charge in [0.05, 0.1) is 18.7 Å². The van der Waals surface area contributed by atoms with Gasteiger partial charge in [-0.15, -0.1) is 0 Å². The average molecular weight is 560 g/mol. The standard InChI is InChI=1S/C33H45N5O3/c1-2-3-10-27(39)11-6-12-28-25(15-14-24-17-22-8-4-5-9-23(22)18-29(24)28)19-30(38-31-13-7-16-36-31)26(20-32(40)41)21-37-33(34)35/h4-5,7-9,13,16-18,20,25,27-28,30,36,38-39H,2-3,6,10-12,14-15,19,21H2,1H3,(H,40,41)(H4,34,35,37)/b26-20+/t25-,27+,28-,30-/m1/s1. The van der Waals surface area contributed by atoms with Gasteiger partial charge in [0.2, 0.25) is 0 Å². The van der Waals surface area contributed by atoms with Crippen LogP contribution < -0.4 is 16.8 Å². The van der Waals surface area contributed by atoms with Crippen LogP contribution in [0.4, 0.5) is 5.82 Å². The maximum absolute atomic E-state index is 11.8. The molecule has 4 rings (SSSR count). The number of carboxylic acids is 1. The fourth-order valence-corrected chi connectivity index (χ4v) is 6.30. The minimum Gasteiger partial charge on any atom is -0.478 e. The molecular weight excluding hydrogens is 514 g/mol. The Labute approximate surface area is 242 Å². The van der Waals surface area contributed by atoms with Crippen molar-refractivity contribution in [2.75, 3.05) is 11.9 Å². The van der Waals surface area contributed by atoms with Gasteiger partial charge in [-0.05, 0) is 90.0 Å². The smallest absolute Gasteiger partial charge is 0.328 e. The number of anilines is 1. The zero-order valence-corrected chi connectivity index (χ0v) is 24.1. The van der Waals surface area contributed by atoms with E-state index >= 15 is 0 Å². The number of aromatic amines is 1. The van der Waals surface area contributed by atoms with Crippen molar-refractivity contribution in [2.45, 2.75) is 82.8 Å². The molecule has 1 heterocycles. The van der Waals surface area contributed by atoms with Crippen molar-refractivity contribution >= 4 is 28.5 Å². The Bertz CT molecular complexity index is 1330. The zero-order valence-electron chi connectivity index (χ0n) is 24.1. The molecule has 1 aliphatic carbocycles. The number of aliphatic hydroxyl groups is 1. The number of hydrogen-bond acceptors (Lipinski definition) is 4. The van der Waals surface area contributed by atoms with Crippen molar-refractivity contribution < 1.29 is 15.0 Å². The molecule has 1 aliphatic rings. The molecule has 0 spiro atoms. The first-order valence-electron chi connectivity index (χ1n) is 14.9. The monoisotopic (exact) mass is 559 g/mol. The number of aryl methyl sites for hydroxylation is 1. The third kappa shape index (κ3) is 8.60. The highest BCUT2D eigenvalue weighted by Crippen LogP contribution is 2.44. The highest BCUT2D eigenvalue weighted by atomic mass is 16.4. The Hall–Kier alpha value is -3.78. The average Bonchev–Trinajstić information content (AvgIpc) is 3.46. The molecule has 4 atom stereocenters. The largest absolute Gasteiger partial charge is 0.478 e. The molecule has 41 heavy (non-hydrogen) atoms. The normalized spacial score (nSPS) is 18.4. The SMILES string of the molecule is CCCC[C@H](O)CCC[C@H]1c2cc3ccccc3cc2CC[C@@H]1C[C@@H](Nc1ccc[nH]1)/C(=C/C(=O)O)CN=C(N)N. The van der Waals surface area contributed by atoms with Crippen LogP contribution in [0.5, 0.6) is 0 Å². The summed E-state index contributed by atoms with van der Waals surface area (Å²) in [6.07, 6.45) is 11.2. The van der Waals surface area contributed by atoms with E-state index in [-0.39, 0.29) is 24.7 Å². The number of unbranched alkanes of at least 4 members (excludes halogenated alkanes) is 1. The fourth-order valence-electron chi connectivity index (χ4n) is 6.30. The zero-order chi connectivity index (χ0) is 29.2. The second-order valence-electron chi connectivity index (χ2n) is 11.3. The Balaban J connectivity index is 1.65. The predicted octanol–water partition coefficient (Wildman–Crippen LogP) is 5.69. The van der Waals surface area contributed by atoms with Gasteiger partial charge in [-0.3, -0.25) is 0 Å². The fraction of sp³-hybridized carbons (Fsp3) is 0.455. The molecule has 1 aromatic heterocycles. The summed E-state index contributed by atoms with van der Waals surface area (Å²) in [5.41, 5.74) is 14.7. The van der Waals surface area contributed by atoms with Gasteiger partial charge in [-0.2, -0.15) is 0 Å². The Morgan fingerprint density at radius 2 is 1.90 bits per heavy atom. The Morgan fingerprint density at radius 1 is 1.15 bits per heavy atom. The first-order chi connectivity index (χ1) is 19.8. The number of aliphatic imine (C=N–C) groups is 1. The number of hydrogen-bond donors (Lipinski definition) is 6. The molecule has 0 saturated heterocycles. The number of H-pyrrole nitrogens is 1. The lowest BCUT2D eigenvalue weighted by atomic mass is 9.69. The lowest BCUT2D eigenvalue weighted by Gasteiger charge is -2.37. The third-order valence-corrected chi connectivity index (χ3v) is 8.37. The first-order valence-corrected chi connectivity index (χ1v) is 14.9. The molecule has 0 unspecified atom stereocenters. The molecule has 2 aromatic carbocycles. The predicted molar refractivity (Wildman–Crippen MR) is 167 cm³/mol. The molecule has 220 valence electrons. The van der Waals surface area contributed by atoms with Crippen molar-refractivity contribution in [3.8, 4) is 0 Å². The summed E-state index contributed by atoms with van der Waals surface area (Å²) in [4.78, 5) is 19.2. The summed E-state index contributed by atoms with van der Waals surface area (Å²) in [5, 5.41) is 26.3. The van der Waals surface area contributed by atoms with Gasteiger partial charge in [0.1, 0.15) is 5.82 Å². The summed E-state index contributed by atoms with van der Waals surface area (Å²) in [5.74, 6) is 0.318. The van der Waals surface area contributed by atoms with Gasteiger partial charge in [0, 0.05) is 12.3 Å². The molecule has 8 N–H and O–H groups in total. The number of carbonyl (C=O) groups is 1. The number of nitrogens with one attached hydrogen (secondary N) is 2. The van der Waals surface area contributed by atoms with Crippen molar-refractivity contribution in [3.63, 3.8) is 0 Å². The third-order valence-electron chi connectivity index (χ3n) is 8.37. The van der Waals surface area contributed by atoms with Crippen LogP contribution in [0.2, 0.25) is 0 Å². The second-order valence-corrected chi connectivity index (χ2v) is 11.3. The van der Waals surface area contributed by atoms with Crippen LogP contribution >= 0.6 is 0 Å². The molecular formula is C33H45N5O3. The molecule has 8 nitrogen and oxygen atoms in total. The topological polar surface area (TPSA) is 150 Å². The number of benzene rings is 2. The summed E-state index contributed by atoms with van der Waals surface area (Å²) >= 11 is 0. The van der Waals surface area contributed by atoms with E-state index in [0.717, 1.165) is 63.6 Å². The van der Waals surface area contributed by atoms with E-state index in [1.807, 2.05) is 18.3 Å². The molecule has 0 aliphatic heterocycles. The summed E-state index contributed by atoms with van der Waals surface area (Å²) in [6, 6.07) is 16.8.